The predicted octanol–water partition coefficient (Wildman–Crippen LogP) is 2.75. The molecule has 1 atom stereocenters. The number of benzene rings is 1. The highest BCUT2D eigenvalue weighted by molar-refractivity contribution is 5.46. The molecule has 2 rings (SSSR count). The van der Waals surface area contributed by atoms with Crippen LogP contribution < -0.4 is 14.8 Å². The Morgan fingerprint density at radius 2 is 2.25 bits per heavy atom. The summed E-state index contributed by atoms with van der Waals surface area (Å²) in [5.41, 5.74) is 1.14. The van der Waals surface area contributed by atoms with Crippen LogP contribution in [0.5, 0.6) is 11.5 Å². The summed E-state index contributed by atoms with van der Waals surface area (Å²) in [5.74, 6) is 1.69. The first-order chi connectivity index (χ1) is 9.85. The van der Waals surface area contributed by atoms with Crippen molar-refractivity contribution in [2.75, 3.05) is 26.4 Å². The van der Waals surface area contributed by atoms with Gasteiger partial charge in [-0.1, -0.05) is 19.1 Å². The van der Waals surface area contributed by atoms with Gasteiger partial charge in [-0.3, -0.25) is 0 Å². The predicted molar refractivity (Wildman–Crippen MR) is 79.5 cm³/mol. The van der Waals surface area contributed by atoms with E-state index in [1.165, 1.54) is 0 Å². The van der Waals surface area contributed by atoms with Crippen molar-refractivity contribution in [1.29, 1.82) is 0 Å². The summed E-state index contributed by atoms with van der Waals surface area (Å²) in [7, 11) is 0. The van der Waals surface area contributed by atoms with Crippen LogP contribution in [0.1, 0.15) is 32.3 Å². The van der Waals surface area contributed by atoms with Gasteiger partial charge in [0.05, 0.1) is 13.2 Å². The third-order valence-corrected chi connectivity index (χ3v) is 3.33. The lowest BCUT2D eigenvalue weighted by Gasteiger charge is -2.26. The fourth-order valence-electron chi connectivity index (χ4n) is 2.33. The van der Waals surface area contributed by atoms with Crippen LogP contribution in [0.4, 0.5) is 0 Å². The normalized spacial score (nSPS) is 18.8. The maximum absolute atomic E-state index is 6.18. The number of para-hydroxylation sites is 1. The molecule has 4 nitrogen and oxygen atoms in total. The van der Waals surface area contributed by atoms with Gasteiger partial charge >= 0.3 is 0 Å². The third-order valence-electron chi connectivity index (χ3n) is 3.33. The minimum atomic E-state index is 0.130. The summed E-state index contributed by atoms with van der Waals surface area (Å²) in [5, 5.41) is 3.34. The Bertz CT molecular complexity index is 403. The van der Waals surface area contributed by atoms with Crippen molar-refractivity contribution < 1.29 is 14.2 Å². The standard InChI is InChI=1S/C16H25NO3/c1-3-17-11-13-7-5-9-15(19-4-2)16(13)20-14-8-6-10-18-12-14/h5,7,9,14,17H,3-4,6,8,10-12H2,1-2H3. The molecule has 1 aliphatic heterocycles. The van der Waals surface area contributed by atoms with E-state index in [9.17, 15) is 0 Å². The van der Waals surface area contributed by atoms with Crippen molar-refractivity contribution in [1.82, 2.24) is 5.32 Å². The van der Waals surface area contributed by atoms with Crippen molar-refractivity contribution in [2.24, 2.45) is 0 Å². The molecule has 0 amide bonds. The molecule has 1 N–H and O–H groups in total. The number of hydrogen-bond donors (Lipinski definition) is 1. The van der Waals surface area contributed by atoms with Crippen molar-refractivity contribution in [3.63, 3.8) is 0 Å². The maximum Gasteiger partial charge on any atom is 0.166 e. The Labute approximate surface area is 121 Å². The minimum absolute atomic E-state index is 0.130. The monoisotopic (exact) mass is 279 g/mol. The van der Waals surface area contributed by atoms with Gasteiger partial charge in [0.1, 0.15) is 6.10 Å². The molecule has 0 bridgehead atoms. The van der Waals surface area contributed by atoms with Crippen LogP contribution in [0.2, 0.25) is 0 Å². The SMILES string of the molecule is CCNCc1cccc(OCC)c1OC1CCCOC1. The lowest BCUT2D eigenvalue weighted by Crippen LogP contribution is -2.29. The lowest BCUT2D eigenvalue weighted by molar-refractivity contribution is 0.00580. The van der Waals surface area contributed by atoms with Gasteiger partial charge in [0, 0.05) is 18.7 Å². The van der Waals surface area contributed by atoms with Gasteiger partial charge in [-0.25, -0.2) is 0 Å². The van der Waals surface area contributed by atoms with Gasteiger partial charge < -0.3 is 19.5 Å². The van der Waals surface area contributed by atoms with Crippen LogP contribution >= 0.6 is 0 Å². The Kier molecular flexibility index (Phi) is 6.15. The zero-order chi connectivity index (χ0) is 14.2. The van der Waals surface area contributed by atoms with E-state index in [4.69, 9.17) is 14.2 Å². The van der Waals surface area contributed by atoms with Crippen molar-refractivity contribution in [3.05, 3.63) is 23.8 Å². The molecule has 112 valence electrons. The Hall–Kier alpha value is -1.26. The van der Waals surface area contributed by atoms with Gasteiger partial charge in [0.25, 0.3) is 0 Å². The molecule has 1 aromatic carbocycles. The summed E-state index contributed by atoms with van der Waals surface area (Å²) in [6.45, 7) is 7.97. The number of ether oxygens (including phenoxy) is 3. The molecule has 1 aromatic rings. The molecule has 1 unspecified atom stereocenters. The fourth-order valence-corrected chi connectivity index (χ4v) is 2.33. The first-order valence-corrected chi connectivity index (χ1v) is 7.55. The van der Waals surface area contributed by atoms with Gasteiger partial charge in [-0.2, -0.15) is 0 Å². The highest BCUT2D eigenvalue weighted by Crippen LogP contribution is 2.33. The Morgan fingerprint density at radius 3 is 2.95 bits per heavy atom. The smallest absolute Gasteiger partial charge is 0.166 e. The van der Waals surface area contributed by atoms with Crippen molar-refractivity contribution in [3.8, 4) is 11.5 Å². The van der Waals surface area contributed by atoms with E-state index in [2.05, 4.69) is 18.3 Å². The van der Waals surface area contributed by atoms with Crippen LogP contribution in [0.25, 0.3) is 0 Å². The second kappa shape index (κ2) is 8.12. The summed E-state index contributed by atoms with van der Waals surface area (Å²) < 4.78 is 17.4. The molecule has 0 aromatic heterocycles. The van der Waals surface area contributed by atoms with E-state index in [1.54, 1.807) is 0 Å². The Morgan fingerprint density at radius 1 is 1.35 bits per heavy atom. The quantitative estimate of drug-likeness (QED) is 0.833. The van der Waals surface area contributed by atoms with E-state index in [0.717, 1.165) is 49.6 Å². The molecule has 20 heavy (non-hydrogen) atoms. The lowest BCUT2D eigenvalue weighted by atomic mass is 10.1. The second-order valence-corrected chi connectivity index (χ2v) is 4.91. The first-order valence-electron chi connectivity index (χ1n) is 7.55. The Balaban J connectivity index is 2.15. The molecule has 0 spiro atoms. The molecular formula is C16H25NO3. The van der Waals surface area contributed by atoms with Gasteiger partial charge in [-0.05, 0) is 32.4 Å². The average Bonchev–Trinajstić information content (AvgIpc) is 2.49. The van der Waals surface area contributed by atoms with E-state index >= 15 is 0 Å². The summed E-state index contributed by atoms with van der Waals surface area (Å²) in [6, 6.07) is 6.07. The summed E-state index contributed by atoms with van der Waals surface area (Å²) in [6.07, 6.45) is 2.23. The molecule has 0 radical (unpaired) electrons. The molecule has 0 aliphatic carbocycles. The van der Waals surface area contributed by atoms with E-state index in [1.807, 2.05) is 19.1 Å². The highest BCUT2D eigenvalue weighted by atomic mass is 16.6. The summed E-state index contributed by atoms with van der Waals surface area (Å²) in [4.78, 5) is 0. The molecule has 1 heterocycles. The molecular weight excluding hydrogens is 254 g/mol. The zero-order valence-corrected chi connectivity index (χ0v) is 12.5. The first kappa shape index (κ1) is 15.1. The van der Waals surface area contributed by atoms with Crippen LogP contribution in [-0.2, 0) is 11.3 Å². The second-order valence-electron chi connectivity index (χ2n) is 4.91. The molecule has 1 saturated heterocycles. The number of hydrogen-bond acceptors (Lipinski definition) is 4. The number of nitrogens with one attached hydrogen (secondary N) is 1. The number of rotatable bonds is 7. The summed E-state index contributed by atoms with van der Waals surface area (Å²) >= 11 is 0. The molecule has 1 aliphatic rings. The molecule has 1 fully saturated rings. The zero-order valence-electron chi connectivity index (χ0n) is 12.5. The third kappa shape index (κ3) is 4.12. The minimum Gasteiger partial charge on any atom is -0.490 e. The van der Waals surface area contributed by atoms with Crippen LogP contribution in [0.15, 0.2) is 18.2 Å². The van der Waals surface area contributed by atoms with Gasteiger partial charge in [0.15, 0.2) is 11.5 Å². The largest absolute Gasteiger partial charge is 0.490 e. The van der Waals surface area contributed by atoms with Crippen LogP contribution in [0, 0.1) is 0 Å². The van der Waals surface area contributed by atoms with Crippen LogP contribution in [0.3, 0.4) is 0 Å². The molecule has 0 saturated carbocycles. The van der Waals surface area contributed by atoms with Crippen LogP contribution in [-0.4, -0.2) is 32.5 Å². The fraction of sp³-hybridized carbons (Fsp3) is 0.625. The van der Waals surface area contributed by atoms with E-state index in [0.29, 0.717) is 13.2 Å². The van der Waals surface area contributed by atoms with Crippen molar-refractivity contribution >= 4 is 0 Å². The van der Waals surface area contributed by atoms with E-state index in [-0.39, 0.29) is 6.10 Å². The van der Waals surface area contributed by atoms with E-state index < -0.39 is 0 Å². The molecule has 4 heteroatoms. The van der Waals surface area contributed by atoms with Crippen molar-refractivity contribution in [2.45, 2.75) is 39.3 Å². The topological polar surface area (TPSA) is 39.7 Å². The van der Waals surface area contributed by atoms with Gasteiger partial charge in [0.2, 0.25) is 0 Å². The maximum atomic E-state index is 6.18. The van der Waals surface area contributed by atoms with Gasteiger partial charge in [-0.15, -0.1) is 0 Å². The average molecular weight is 279 g/mol. The highest BCUT2D eigenvalue weighted by Gasteiger charge is 2.19.